The van der Waals surface area contributed by atoms with E-state index in [-0.39, 0.29) is 0 Å². The summed E-state index contributed by atoms with van der Waals surface area (Å²) in [5, 5.41) is 0. The van der Waals surface area contributed by atoms with Crippen LogP contribution in [0.1, 0.15) is 13.3 Å². The Morgan fingerprint density at radius 3 is 2.45 bits per heavy atom. The number of rotatable bonds is 6. The molecular weight excluding hydrogens is 329 g/mol. The van der Waals surface area contributed by atoms with Crippen LogP contribution >= 0.6 is 10.7 Å². The van der Waals surface area contributed by atoms with Crippen molar-refractivity contribution in [2.45, 2.75) is 29.2 Å². The molecule has 0 aliphatic heterocycles. The first-order valence-corrected chi connectivity index (χ1v) is 9.24. The van der Waals surface area contributed by atoms with Gasteiger partial charge in [-0.3, -0.25) is 0 Å². The zero-order valence-electron chi connectivity index (χ0n) is 10.5. The summed E-state index contributed by atoms with van der Waals surface area (Å²) in [4.78, 5) is -1.15. The van der Waals surface area contributed by atoms with Gasteiger partial charge >= 0.3 is 0 Å². The van der Waals surface area contributed by atoms with Crippen LogP contribution in [0.25, 0.3) is 0 Å². The number of nitrogens with one attached hydrogen (secondary N) is 1. The fourth-order valence-electron chi connectivity index (χ4n) is 1.48. The van der Waals surface area contributed by atoms with Crippen LogP contribution in [0.5, 0.6) is 0 Å². The van der Waals surface area contributed by atoms with E-state index in [1.54, 1.807) is 6.92 Å². The third kappa shape index (κ3) is 4.27. The molecule has 0 radical (unpaired) electrons. The molecule has 0 saturated carbocycles. The number of hydrogen-bond donors (Lipinski definition) is 1. The summed E-state index contributed by atoms with van der Waals surface area (Å²) in [7, 11) is -3.15. The molecule has 0 bridgehead atoms. The third-order valence-corrected chi connectivity index (χ3v) is 5.33. The van der Waals surface area contributed by atoms with Crippen molar-refractivity contribution in [3.05, 3.63) is 36.7 Å². The molecule has 0 heterocycles. The quantitative estimate of drug-likeness (QED) is 0.634. The summed E-state index contributed by atoms with van der Waals surface area (Å²) >= 11 is 0. The van der Waals surface area contributed by atoms with Crippen molar-refractivity contribution in [3.63, 3.8) is 0 Å². The van der Waals surface area contributed by atoms with Gasteiger partial charge in [0.25, 0.3) is 9.05 Å². The Bertz CT molecular complexity index is 716. The van der Waals surface area contributed by atoms with Crippen molar-refractivity contribution in [3.8, 4) is 0 Å². The normalized spacial score (nSPS) is 13.9. The standard InChI is InChI=1S/C11H13ClFNO4S2/c1-3-4-8(2)14-20(17,18)11-6-5-9(7-10(11)13)19(12,15)16/h3,5-8,14H,1,4H2,2H3. The number of halogens is 2. The highest BCUT2D eigenvalue weighted by molar-refractivity contribution is 8.13. The van der Waals surface area contributed by atoms with Crippen LogP contribution in [0.3, 0.4) is 0 Å². The molecule has 9 heteroatoms. The van der Waals surface area contributed by atoms with E-state index in [2.05, 4.69) is 11.3 Å². The second kappa shape index (κ2) is 6.21. The predicted octanol–water partition coefficient (Wildman–Crippen LogP) is 2.00. The van der Waals surface area contributed by atoms with Gasteiger partial charge in [0.05, 0.1) is 4.90 Å². The predicted molar refractivity (Wildman–Crippen MR) is 74.0 cm³/mol. The molecule has 112 valence electrons. The van der Waals surface area contributed by atoms with E-state index in [0.717, 1.165) is 12.1 Å². The largest absolute Gasteiger partial charge is 0.261 e. The number of hydrogen-bond acceptors (Lipinski definition) is 4. The van der Waals surface area contributed by atoms with Gasteiger partial charge in [-0.05, 0) is 31.5 Å². The second-order valence-electron chi connectivity index (χ2n) is 4.08. The lowest BCUT2D eigenvalue weighted by Gasteiger charge is -2.13. The zero-order valence-corrected chi connectivity index (χ0v) is 12.9. The topological polar surface area (TPSA) is 80.3 Å². The summed E-state index contributed by atoms with van der Waals surface area (Å²) in [5.74, 6) is -1.19. The molecule has 0 aromatic heterocycles. The highest BCUT2D eigenvalue weighted by Gasteiger charge is 2.23. The van der Waals surface area contributed by atoms with Crippen molar-refractivity contribution in [2.24, 2.45) is 0 Å². The van der Waals surface area contributed by atoms with Crippen LogP contribution in [0, 0.1) is 5.82 Å². The molecule has 0 saturated heterocycles. The monoisotopic (exact) mass is 341 g/mol. The Balaban J connectivity index is 3.18. The highest BCUT2D eigenvalue weighted by atomic mass is 35.7. The Labute approximate surface area is 121 Å². The van der Waals surface area contributed by atoms with Gasteiger partial charge in [0.1, 0.15) is 10.7 Å². The lowest BCUT2D eigenvalue weighted by atomic mass is 10.3. The zero-order chi connectivity index (χ0) is 15.6. The van der Waals surface area contributed by atoms with E-state index >= 15 is 0 Å². The molecule has 20 heavy (non-hydrogen) atoms. The molecular formula is C11H13ClFNO4S2. The lowest BCUT2D eigenvalue weighted by Crippen LogP contribution is -2.32. The minimum atomic E-state index is -4.12. The third-order valence-electron chi connectivity index (χ3n) is 2.35. The van der Waals surface area contributed by atoms with E-state index in [4.69, 9.17) is 10.7 Å². The van der Waals surface area contributed by atoms with E-state index in [1.165, 1.54) is 6.08 Å². The average molecular weight is 342 g/mol. The number of benzene rings is 1. The molecule has 5 nitrogen and oxygen atoms in total. The summed E-state index contributed by atoms with van der Waals surface area (Å²) < 4.78 is 61.9. The van der Waals surface area contributed by atoms with Gasteiger partial charge in [-0.2, -0.15) is 0 Å². The summed E-state index contributed by atoms with van der Waals surface area (Å²) in [6, 6.07) is 1.88. The van der Waals surface area contributed by atoms with E-state index in [9.17, 15) is 21.2 Å². The van der Waals surface area contributed by atoms with Crippen LogP contribution < -0.4 is 4.72 Å². The molecule has 1 unspecified atom stereocenters. The van der Waals surface area contributed by atoms with Crippen molar-refractivity contribution in [1.82, 2.24) is 4.72 Å². The average Bonchev–Trinajstić information content (AvgIpc) is 2.26. The summed E-state index contributed by atoms with van der Waals surface area (Å²) in [6.07, 6.45) is 1.89. The number of sulfonamides is 1. The maximum Gasteiger partial charge on any atom is 0.261 e. The molecule has 1 aromatic rings. The minimum Gasteiger partial charge on any atom is -0.208 e. The van der Waals surface area contributed by atoms with Gasteiger partial charge in [-0.1, -0.05) is 6.08 Å². The molecule has 1 rings (SSSR count). The Kier molecular flexibility index (Phi) is 5.31. The van der Waals surface area contributed by atoms with E-state index in [0.29, 0.717) is 12.5 Å². The molecule has 1 atom stereocenters. The van der Waals surface area contributed by atoms with Gasteiger partial charge in [0, 0.05) is 16.7 Å². The van der Waals surface area contributed by atoms with Gasteiger partial charge in [0.15, 0.2) is 0 Å². The fourth-order valence-corrected chi connectivity index (χ4v) is 3.56. The van der Waals surface area contributed by atoms with Crippen LogP contribution in [-0.4, -0.2) is 22.9 Å². The first kappa shape index (κ1) is 17.1. The first-order chi connectivity index (χ1) is 9.08. The molecule has 1 N–H and O–H groups in total. The molecule has 0 fully saturated rings. The van der Waals surface area contributed by atoms with E-state index in [1.807, 2.05) is 0 Å². The fraction of sp³-hybridized carbons (Fsp3) is 0.273. The minimum absolute atomic E-state index is 0.370. The van der Waals surface area contributed by atoms with Crippen molar-refractivity contribution >= 4 is 29.8 Å². The van der Waals surface area contributed by atoms with Gasteiger partial charge in [0.2, 0.25) is 10.0 Å². The lowest BCUT2D eigenvalue weighted by molar-refractivity contribution is 0.541. The van der Waals surface area contributed by atoms with Crippen LogP contribution in [0.15, 0.2) is 40.6 Å². The van der Waals surface area contributed by atoms with Crippen LogP contribution in [0.4, 0.5) is 4.39 Å². The van der Waals surface area contributed by atoms with Gasteiger partial charge in [-0.15, -0.1) is 6.58 Å². The molecule has 1 aromatic carbocycles. The Morgan fingerprint density at radius 2 is 2.00 bits per heavy atom. The van der Waals surface area contributed by atoms with Crippen molar-refractivity contribution < 1.29 is 21.2 Å². The summed E-state index contributed by atoms with van der Waals surface area (Å²) in [5.41, 5.74) is 0. The summed E-state index contributed by atoms with van der Waals surface area (Å²) in [6.45, 7) is 5.06. The molecule has 0 amide bonds. The molecule has 0 aliphatic carbocycles. The van der Waals surface area contributed by atoms with Gasteiger partial charge < -0.3 is 0 Å². The van der Waals surface area contributed by atoms with Crippen molar-refractivity contribution in [2.75, 3.05) is 0 Å². The maximum atomic E-state index is 13.7. The Hall–Kier alpha value is -0.960. The van der Waals surface area contributed by atoms with E-state index < -0.39 is 40.7 Å². The van der Waals surface area contributed by atoms with Crippen molar-refractivity contribution in [1.29, 1.82) is 0 Å². The smallest absolute Gasteiger partial charge is 0.208 e. The highest BCUT2D eigenvalue weighted by Crippen LogP contribution is 2.21. The molecule has 0 spiro atoms. The van der Waals surface area contributed by atoms with Crippen LogP contribution in [0.2, 0.25) is 0 Å². The molecule has 0 aliphatic rings. The second-order valence-corrected chi connectivity index (χ2v) is 8.33. The maximum absolute atomic E-state index is 13.7. The first-order valence-electron chi connectivity index (χ1n) is 5.45. The Morgan fingerprint density at radius 1 is 1.40 bits per heavy atom. The van der Waals surface area contributed by atoms with Crippen LogP contribution in [-0.2, 0) is 19.1 Å². The SMILES string of the molecule is C=CCC(C)NS(=O)(=O)c1ccc(S(=O)(=O)Cl)cc1F. The van der Waals surface area contributed by atoms with Gasteiger partial charge in [-0.25, -0.2) is 25.9 Å².